The van der Waals surface area contributed by atoms with Crippen LogP contribution in [-0.4, -0.2) is 17.1 Å². The van der Waals surface area contributed by atoms with Gasteiger partial charge in [-0.1, -0.05) is 41.9 Å². The van der Waals surface area contributed by atoms with Crippen molar-refractivity contribution in [2.24, 2.45) is 0 Å². The molecular formula is C19H15ClN2O2. The van der Waals surface area contributed by atoms with Gasteiger partial charge in [0.2, 0.25) is 0 Å². The molecule has 3 rings (SSSR count). The number of halogens is 1. The minimum absolute atomic E-state index is 0.0547. The maximum absolute atomic E-state index is 12.6. The van der Waals surface area contributed by atoms with Crippen molar-refractivity contribution in [1.82, 2.24) is 4.57 Å². The number of esters is 1. The molecule has 5 heteroatoms. The number of nitriles is 1. The summed E-state index contributed by atoms with van der Waals surface area (Å²) in [6.45, 7) is 2.08. The Balaban J connectivity index is 2.41. The summed E-state index contributed by atoms with van der Waals surface area (Å²) < 4.78 is 6.92. The van der Waals surface area contributed by atoms with Gasteiger partial charge >= 0.3 is 5.97 Å². The molecule has 0 atom stereocenters. The molecule has 120 valence electrons. The smallest absolute Gasteiger partial charge is 0.355 e. The number of benzene rings is 2. The van der Waals surface area contributed by atoms with Crippen molar-refractivity contribution in [3.05, 3.63) is 59.2 Å². The fourth-order valence-corrected chi connectivity index (χ4v) is 3.04. The number of hydrogen-bond acceptors (Lipinski definition) is 3. The number of hydrogen-bond donors (Lipinski definition) is 0. The fourth-order valence-electron chi connectivity index (χ4n) is 2.87. The Kier molecular flexibility index (Phi) is 4.54. The number of carbonyl (C=O) groups is 1. The fraction of sp³-hybridized carbons (Fsp3) is 0.158. The van der Waals surface area contributed by atoms with Crippen LogP contribution in [0.4, 0.5) is 0 Å². The molecule has 4 nitrogen and oxygen atoms in total. The predicted molar refractivity (Wildman–Crippen MR) is 94.0 cm³/mol. The summed E-state index contributed by atoms with van der Waals surface area (Å²) in [5, 5.41) is 10.6. The van der Waals surface area contributed by atoms with Crippen LogP contribution in [0.2, 0.25) is 5.02 Å². The molecule has 0 saturated carbocycles. The summed E-state index contributed by atoms with van der Waals surface area (Å²) >= 11 is 6.17. The van der Waals surface area contributed by atoms with Crippen molar-refractivity contribution in [3.63, 3.8) is 0 Å². The first kappa shape index (κ1) is 16.1. The van der Waals surface area contributed by atoms with Gasteiger partial charge in [0.05, 0.1) is 18.2 Å². The van der Waals surface area contributed by atoms with Gasteiger partial charge in [-0.15, -0.1) is 0 Å². The lowest BCUT2D eigenvalue weighted by Gasteiger charge is -2.08. The number of ether oxygens (including phenoxy) is 1. The summed E-state index contributed by atoms with van der Waals surface area (Å²) in [7, 11) is 0. The molecule has 0 saturated heterocycles. The molecule has 0 aliphatic carbocycles. The van der Waals surface area contributed by atoms with E-state index >= 15 is 0 Å². The average Bonchev–Trinajstić information content (AvgIpc) is 2.90. The van der Waals surface area contributed by atoms with E-state index in [-0.39, 0.29) is 13.2 Å². The van der Waals surface area contributed by atoms with Crippen molar-refractivity contribution in [1.29, 1.82) is 5.26 Å². The highest BCUT2D eigenvalue weighted by atomic mass is 35.5. The molecule has 1 heterocycles. The Morgan fingerprint density at radius 1 is 1.25 bits per heavy atom. The number of rotatable bonds is 4. The zero-order valence-electron chi connectivity index (χ0n) is 13.1. The highest BCUT2D eigenvalue weighted by Crippen LogP contribution is 2.36. The Hall–Kier alpha value is -2.77. The van der Waals surface area contributed by atoms with Gasteiger partial charge < -0.3 is 9.30 Å². The quantitative estimate of drug-likeness (QED) is 0.650. The Bertz CT molecular complexity index is 939. The minimum atomic E-state index is -0.445. The lowest BCUT2D eigenvalue weighted by atomic mass is 10.0. The third kappa shape index (κ3) is 2.75. The highest BCUT2D eigenvalue weighted by Gasteiger charge is 2.24. The summed E-state index contributed by atoms with van der Waals surface area (Å²) in [4.78, 5) is 12.6. The number of fused-ring (bicyclic) bond motifs is 1. The second kappa shape index (κ2) is 6.77. The van der Waals surface area contributed by atoms with Crippen LogP contribution in [0, 0.1) is 11.3 Å². The van der Waals surface area contributed by atoms with Gasteiger partial charge in [-0.3, -0.25) is 0 Å². The van der Waals surface area contributed by atoms with Gasteiger partial charge in [0.15, 0.2) is 0 Å². The minimum Gasteiger partial charge on any atom is -0.461 e. The van der Waals surface area contributed by atoms with Crippen LogP contribution in [0.3, 0.4) is 0 Å². The third-order valence-corrected chi connectivity index (χ3v) is 4.02. The second-order valence-corrected chi connectivity index (χ2v) is 5.65. The van der Waals surface area contributed by atoms with E-state index in [4.69, 9.17) is 16.3 Å². The standard InChI is InChI=1S/C19H15ClN2O2/c1-2-24-19(23)18-17(13-6-4-3-5-7-13)15-12-14(20)8-9-16(15)22(18)11-10-21/h3-9,12H,2,11H2,1H3. The third-order valence-electron chi connectivity index (χ3n) is 3.79. The van der Waals surface area contributed by atoms with E-state index in [0.29, 0.717) is 10.7 Å². The first-order valence-electron chi connectivity index (χ1n) is 7.58. The first-order chi connectivity index (χ1) is 11.7. The van der Waals surface area contributed by atoms with E-state index < -0.39 is 5.97 Å². The molecule has 24 heavy (non-hydrogen) atoms. The van der Waals surface area contributed by atoms with Crippen LogP contribution in [0.15, 0.2) is 48.5 Å². The van der Waals surface area contributed by atoms with E-state index in [9.17, 15) is 10.1 Å². The monoisotopic (exact) mass is 338 g/mol. The SMILES string of the molecule is CCOC(=O)c1c(-c2ccccc2)c2cc(Cl)ccc2n1CC#N. The van der Waals surface area contributed by atoms with Crippen LogP contribution >= 0.6 is 11.6 Å². The van der Waals surface area contributed by atoms with Gasteiger partial charge in [0, 0.05) is 16.0 Å². The van der Waals surface area contributed by atoms with Crippen LogP contribution in [0.5, 0.6) is 0 Å². The first-order valence-corrected chi connectivity index (χ1v) is 7.96. The highest BCUT2D eigenvalue weighted by molar-refractivity contribution is 6.31. The maximum atomic E-state index is 12.6. The molecule has 0 spiro atoms. The van der Waals surface area contributed by atoms with Crippen molar-refractivity contribution < 1.29 is 9.53 Å². The number of nitrogens with zero attached hydrogens (tertiary/aromatic N) is 2. The molecule has 3 aromatic rings. The molecule has 0 aliphatic heterocycles. The molecule has 0 fully saturated rings. The van der Waals surface area contributed by atoms with Crippen LogP contribution in [0.1, 0.15) is 17.4 Å². The number of aromatic nitrogens is 1. The molecule has 0 aliphatic rings. The molecular weight excluding hydrogens is 324 g/mol. The van der Waals surface area contributed by atoms with Crippen LogP contribution in [0.25, 0.3) is 22.0 Å². The summed E-state index contributed by atoms with van der Waals surface area (Å²) in [6.07, 6.45) is 0. The molecule has 0 unspecified atom stereocenters. The molecule has 0 amide bonds. The van der Waals surface area contributed by atoms with Gasteiger partial charge in [0.25, 0.3) is 0 Å². The summed E-state index contributed by atoms with van der Waals surface area (Å²) in [6, 6.07) is 17.1. The van der Waals surface area contributed by atoms with E-state index in [1.165, 1.54) is 0 Å². The maximum Gasteiger partial charge on any atom is 0.355 e. The van der Waals surface area contributed by atoms with Crippen molar-refractivity contribution >= 4 is 28.5 Å². The molecule has 0 N–H and O–H groups in total. The Morgan fingerprint density at radius 3 is 2.67 bits per heavy atom. The van der Waals surface area contributed by atoms with E-state index in [1.807, 2.05) is 42.5 Å². The van der Waals surface area contributed by atoms with Crippen LogP contribution < -0.4 is 0 Å². The van der Waals surface area contributed by atoms with E-state index in [2.05, 4.69) is 6.07 Å². The Morgan fingerprint density at radius 2 is 2.00 bits per heavy atom. The number of carbonyl (C=O) groups excluding carboxylic acids is 1. The lowest BCUT2D eigenvalue weighted by Crippen LogP contribution is -2.13. The predicted octanol–water partition coefficient (Wildman–Crippen LogP) is 4.66. The summed E-state index contributed by atoms with van der Waals surface area (Å²) in [5.74, 6) is -0.445. The molecule has 0 radical (unpaired) electrons. The largest absolute Gasteiger partial charge is 0.461 e. The van der Waals surface area contributed by atoms with Gasteiger partial charge in [-0.2, -0.15) is 5.26 Å². The zero-order chi connectivity index (χ0) is 17.1. The van der Waals surface area contributed by atoms with Crippen molar-refractivity contribution in [3.8, 4) is 17.2 Å². The van der Waals surface area contributed by atoms with Gasteiger partial charge in [-0.25, -0.2) is 4.79 Å². The van der Waals surface area contributed by atoms with Gasteiger partial charge in [0.1, 0.15) is 12.2 Å². The van der Waals surface area contributed by atoms with Crippen LogP contribution in [-0.2, 0) is 11.3 Å². The summed E-state index contributed by atoms with van der Waals surface area (Å²) in [5.41, 5.74) is 2.77. The Labute approximate surface area is 144 Å². The topological polar surface area (TPSA) is 55.0 Å². The zero-order valence-corrected chi connectivity index (χ0v) is 13.9. The lowest BCUT2D eigenvalue weighted by molar-refractivity contribution is 0.0516. The molecule has 2 aromatic carbocycles. The van der Waals surface area contributed by atoms with E-state index in [0.717, 1.165) is 22.0 Å². The van der Waals surface area contributed by atoms with E-state index in [1.54, 1.807) is 17.6 Å². The van der Waals surface area contributed by atoms with Crippen molar-refractivity contribution in [2.45, 2.75) is 13.5 Å². The average molecular weight is 339 g/mol. The van der Waals surface area contributed by atoms with Gasteiger partial charge in [-0.05, 0) is 30.7 Å². The molecule has 0 bridgehead atoms. The second-order valence-electron chi connectivity index (χ2n) is 5.22. The normalized spacial score (nSPS) is 10.5. The molecule has 1 aromatic heterocycles. The van der Waals surface area contributed by atoms with Crippen molar-refractivity contribution in [2.75, 3.05) is 6.61 Å².